The van der Waals surface area contributed by atoms with Crippen LogP contribution >= 0.6 is 0 Å². The molecule has 1 fully saturated rings. The van der Waals surface area contributed by atoms with Gasteiger partial charge < -0.3 is 15.1 Å². The maximum Gasteiger partial charge on any atom is 0.419 e. The molecule has 5 heteroatoms. The van der Waals surface area contributed by atoms with Crippen molar-refractivity contribution in [2.75, 3.05) is 18.4 Å². The van der Waals surface area contributed by atoms with E-state index >= 15 is 0 Å². The minimum atomic E-state index is -0.320. The monoisotopic (exact) mass is 233 g/mol. The molecule has 0 aliphatic carbocycles. The molecular formula is C12H15N3O2. The van der Waals surface area contributed by atoms with E-state index in [2.05, 4.69) is 10.6 Å². The molecule has 2 heterocycles. The van der Waals surface area contributed by atoms with Gasteiger partial charge in [-0.05, 0) is 25.1 Å². The van der Waals surface area contributed by atoms with Crippen LogP contribution in [0.3, 0.4) is 0 Å². The number of aryl methyl sites for hydroxylation is 1. The number of fused-ring (bicyclic) bond motifs is 1. The van der Waals surface area contributed by atoms with Crippen LogP contribution in [0.4, 0.5) is 5.69 Å². The van der Waals surface area contributed by atoms with Crippen LogP contribution in [0.2, 0.25) is 0 Å². The van der Waals surface area contributed by atoms with E-state index in [0.29, 0.717) is 11.6 Å². The lowest BCUT2D eigenvalue weighted by molar-refractivity contribution is 0.528. The fourth-order valence-electron chi connectivity index (χ4n) is 2.24. The quantitative estimate of drug-likeness (QED) is 0.809. The highest BCUT2D eigenvalue weighted by atomic mass is 16.4. The van der Waals surface area contributed by atoms with E-state index in [-0.39, 0.29) is 5.76 Å². The second-order valence-electron chi connectivity index (χ2n) is 4.44. The van der Waals surface area contributed by atoms with Crippen molar-refractivity contribution in [3.05, 3.63) is 28.7 Å². The van der Waals surface area contributed by atoms with Crippen LogP contribution in [0.1, 0.15) is 6.42 Å². The van der Waals surface area contributed by atoms with Gasteiger partial charge in [0.25, 0.3) is 0 Å². The van der Waals surface area contributed by atoms with Gasteiger partial charge in [0.2, 0.25) is 0 Å². The van der Waals surface area contributed by atoms with Crippen molar-refractivity contribution in [3.63, 3.8) is 0 Å². The molecule has 1 unspecified atom stereocenters. The lowest BCUT2D eigenvalue weighted by atomic mass is 10.2. The summed E-state index contributed by atoms with van der Waals surface area (Å²) in [6.07, 6.45) is 1.12. The van der Waals surface area contributed by atoms with Crippen molar-refractivity contribution in [3.8, 4) is 0 Å². The van der Waals surface area contributed by atoms with Crippen LogP contribution in [0.5, 0.6) is 0 Å². The van der Waals surface area contributed by atoms with Crippen molar-refractivity contribution in [2.45, 2.75) is 12.5 Å². The Morgan fingerprint density at radius 2 is 2.41 bits per heavy atom. The molecule has 1 saturated heterocycles. The van der Waals surface area contributed by atoms with Crippen LogP contribution in [0.15, 0.2) is 27.4 Å². The molecule has 0 saturated carbocycles. The van der Waals surface area contributed by atoms with Crippen molar-refractivity contribution in [1.82, 2.24) is 9.88 Å². The first-order valence-corrected chi connectivity index (χ1v) is 5.81. The van der Waals surface area contributed by atoms with Crippen LogP contribution in [-0.4, -0.2) is 23.7 Å². The topological polar surface area (TPSA) is 59.2 Å². The standard InChI is InChI=1S/C12H15N3O2/c1-15-10-3-2-8(6-11(10)17-12(15)16)14-9-4-5-13-7-9/h2-3,6,9,13-14H,4-5,7H2,1H3. The second kappa shape index (κ2) is 3.92. The molecule has 17 heavy (non-hydrogen) atoms. The molecule has 5 nitrogen and oxygen atoms in total. The number of rotatable bonds is 2. The molecule has 3 rings (SSSR count). The summed E-state index contributed by atoms with van der Waals surface area (Å²) in [4.78, 5) is 11.4. The summed E-state index contributed by atoms with van der Waals surface area (Å²) in [5.74, 6) is -0.320. The lowest BCUT2D eigenvalue weighted by Gasteiger charge is -2.12. The van der Waals surface area contributed by atoms with E-state index in [4.69, 9.17) is 4.42 Å². The van der Waals surface area contributed by atoms with E-state index in [1.807, 2.05) is 18.2 Å². The summed E-state index contributed by atoms with van der Waals surface area (Å²) >= 11 is 0. The third-order valence-corrected chi connectivity index (χ3v) is 3.22. The SMILES string of the molecule is Cn1c(=O)oc2cc(NC3CCNC3)ccc21. The average Bonchev–Trinajstić information content (AvgIpc) is 2.89. The molecule has 1 aromatic heterocycles. The Kier molecular flexibility index (Phi) is 2.40. The first kappa shape index (κ1) is 10.4. The molecule has 0 spiro atoms. The van der Waals surface area contributed by atoms with Crippen LogP contribution in [0, 0.1) is 0 Å². The van der Waals surface area contributed by atoms with Gasteiger partial charge in [0.15, 0.2) is 5.58 Å². The molecule has 1 aliphatic rings. The molecule has 1 aliphatic heterocycles. The van der Waals surface area contributed by atoms with E-state index in [1.165, 1.54) is 4.57 Å². The number of anilines is 1. The predicted octanol–water partition coefficient (Wildman–Crippen LogP) is 0.905. The van der Waals surface area contributed by atoms with E-state index in [0.717, 1.165) is 30.7 Å². The Bertz CT molecular complexity index is 593. The number of benzene rings is 1. The molecule has 1 atom stereocenters. The zero-order chi connectivity index (χ0) is 11.8. The molecule has 1 aromatic carbocycles. The van der Waals surface area contributed by atoms with Crippen molar-refractivity contribution < 1.29 is 4.42 Å². The Morgan fingerprint density at radius 1 is 1.53 bits per heavy atom. The Hall–Kier alpha value is -1.75. The van der Waals surface area contributed by atoms with Crippen molar-refractivity contribution >= 4 is 16.8 Å². The first-order chi connectivity index (χ1) is 8.24. The zero-order valence-electron chi connectivity index (χ0n) is 9.69. The highest BCUT2D eigenvalue weighted by Gasteiger charge is 2.14. The van der Waals surface area contributed by atoms with Gasteiger partial charge in [0.05, 0.1) is 5.52 Å². The maximum atomic E-state index is 11.4. The largest absolute Gasteiger partial charge is 0.419 e. The summed E-state index contributed by atoms with van der Waals surface area (Å²) in [5, 5.41) is 6.73. The second-order valence-corrected chi connectivity index (χ2v) is 4.44. The van der Waals surface area contributed by atoms with Crippen LogP contribution in [-0.2, 0) is 7.05 Å². The summed E-state index contributed by atoms with van der Waals surface area (Å²) in [7, 11) is 1.71. The van der Waals surface area contributed by atoms with Crippen molar-refractivity contribution in [1.29, 1.82) is 0 Å². The molecule has 2 aromatic rings. The van der Waals surface area contributed by atoms with E-state index < -0.39 is 0 Å². The number of aromatic nitrogens is 1. The third kappa shape index (κ3) is 1.82. The Morgan fingerprint density at radius 3 is 3.18 bits per heavy atom. The van der Waals surface area contributed by atoms with E-state index in [9.17, 15) is 4.79 Å². The summed E-state index contributed by atoms with van der Waals surface area (Å²) < 4.78 is 6.67. The van der Waals surface area contributed by atoms with Crippen molar-refractivity contribution in [2.24, 2.45) is 7.05 Å². The fourth-order valence-corrected chi connectivity index (χ4v) is 2.24. The highest BCUT2D eigenvalue weighted by Crippen LogP contribution is 2.19. The molecule has 90 valence electrons. The van der Waals surface area contributed by atoms with Gasteiger partial charge >= 0.3 is 5.76 Å². The van der Waals surface area contributed by atoms with E-state index in [1.54, 1.807) is 7.05 Å². The summed E-state index contributed by atoms with van der Waals surface area (Å²) in [6, 6.07) is 6.23. The Balaban J connectivity index is 1.93. The normalized spacial score (nSPS) is 19.9. The number of oxazole rings is 1. The van der Waals surface area contributed by atoms with Gasteiger partial charge in [-0.2, -0.15) is 0 Å². The molecule has 0 radical (unpaired) electrons. The minimum absolute atomic E-state index is 0.320. The number of nitrogens with one attached hydrogen (secondary N) is 2. The Labute approximate surface area is 98.4 Å². The van der Waals surface area contributed by atoms with Gasteiger partial charge in [0, 0.05) is 31.4 Å². The van der Waals surface area contributed by atoms with Crippen LogP contribution in [0.25, 0.3) is 11.1 Å². The number of hydrogen-bond acceptors (Lipinski definition) is 4. The summed E-state index contributed by atoms with van der Waals surface area (Å²) in [6.45, 7) is 2.04. The van der Waals surface area contributed by atoms with Gasteiger partial charge in [0.1, 0.15) is 0 Å². The fraction of sp³-hybridized carbons (Fsp3) is 0.417. The average molecular weight is 233 g/mol. The van der Waals surface area contributed by atoms with Gasteiger partial charge in [-0.15, -0.1) is 0 Å². The predicted molar refractivity (Wildman–Crippen MR) is 66.4 cm³/mol. The maximum absolute atomic E-state index is 11.4. The molecule has 0 amide bonds. The molecule has 0 bridgehead atoms. The lowest BCUT2D eigenvalue weighted by Crippen LogP contribution is -2.21. The van der Waals surface area contributed by atoms with Gasteiger partial charge in [-0.3, -0.25) is 4.57 Å². The number of nitrogens with zero attached hydrogens (tertiary/aromatic N) is 1. The smallest absolute Gasteiger partial charge is 0.408 e. The van der Waals surface area contributed by atoms with Crippen LogP contribution < -0.4 is 16.4 Å². The number of hydrogen-bond donors (Lipinski definition) is 2. The van der Waals surface area contributed by atoms with Gasteiger partial charge in [-0.25, -0.2) is 4.79 Å². The molecular weight excluding hydrogens is 218 g/mol. The molecule has 2 N–H and O–H groups in total. The summed E-state index contributed by atoms with van der Waals surface area (Å²) in [5.41, 5.74) is 2.46. The third-order valence-electron chi connectivity index (χ3n) is 3.22. The first-order valence-electron chi connectivity index (χ1n) is 5.81. The van der Waals surface area contributed by atoms with Gasteiger partial charge in [-0.1, -0.05) is 0 Å². The zero-order valence-corrected chi connectivity index (χ0v) is 9.69. The highest BCUT2D eigenvalue weighted by molar-refractivity contribution is 5.77. The minimum Gasteiger partial charge on any atom is -0.408 e.